The summed E-state index contributed by atoms with van der Waals surface area (Å²) < 4.78 is 10.7. The number of aromatic nitrogens is 1. The number of carboxylic acids is 1. The molecule has 0 spiro atoms. The van der Waals surface area contributed by atoms with Gasteiger partial charge in [-0.05, 0) is 31.5 Å². The molecule has 1 N–H and O–H groups in total. The number of ether oxygens (including phenoxy) is 2. The van der Waals surface area contributed by atoms with Crippen LogP contribution in [0.5, 0.6) is 11.5 Å². The van der Waals surface area contributed by atoms with Crippen molar-refractivity contribution in [3.8, 4) is 22.1 Å². The van der Waals surface area contributed by atoms with E-state index in [4.69, 9.17) is 9.47 Å². The van der Waals surface area contributed by atoms with Gasteiger partial charge in [-0.2, -0.15) is 0 Å². The smallest absolute Gasteiger partial charge is 0.308 e. The van der Waals surface area contributed by atoms with Crippen molar-refractivity contribution in [1.29, 1.82) is 0 Å². The summed E-state index contributed by atoms with van der Waals surface area (Å²) in [6.07, 6.45) is 0.474. The van der Waals surface area contributed by atoms with Crippen molar-refractivity contribution in [2.45, 2.75) is 19.4 Å². The van der Waals surface area contributed by atoms with Gasteiger partial charge in [-0.3, -0.25) is 9.59 Å². The third-order valence-corrected chi connectivity index (χ3v) is 5.57. The minimum Gasteiger partial charge on any atom is -0.481 e. The third kappa shape index (κ3) is 2.72. The van der Waals surface area contributed by atoms with Crippen molar-refractivity contribution in [2.24, 2.45) is 5.92 Å². The Morgan fingerprint density at radius 1 is 1.32 bits per heavy atom. The van der Waals surface area contributed by atoms with Gasteiger partial charge in [-0.25, -0.2) is 4.98 Å². The largest absolute Gasteiger partial charge is 0.481 e. The van der Waals surface area contributed by atoms with Crippen LogP contribution in [0.1, 0.15) is 23.8 Å². The van der Waals surface area contributed by atoms with Crippen molar-refractivity contribution in [3.63, 3.8) is 0 Å². The van der Waals surface area contributed by atoms with E-state index in [1.54, 1.807) is 17.2 Å². The number of rotatable bonds is 3. The highest BCUT2D eigenvalue weighted by molar-refractivity contribution is 7.13. The Morgan fingerprint density at radius 2 is 2.12 bits per heavy atom. The van der Waals surface area contributed by atoms with Crippen LogP contribution in [0.2, 0.25) is 0 Å². The van der Waals surface area contributed by atoms with Gasteiger partial charge in [0.1, 0.15) is 10.7 Å². The minimum absolute atomic E-state index is 0.206. The number of fused-ring (bicyclic) bond motifs is 1. The fraction of sp³-hybridized carbons (Fsp3) is 0.353. The molecule has 3 heterocycles. The molecule has 1 saturated heterocycles. The highest BCUT2D eigenvalue weighted by Gasteiger charge is 2.39. The molecular weight excluding hydrogens is 344 g/mol. The molecule has 1 fully saturated rings. The van der Waals surface area contributed by atoms with Crippen LogP contribution >= 0.6 is 11.3 Å². The Labute approximate surface area is 147 Å². The number of likely N-dealkylation sites (tertiary alicyclic amines) is 1. The molecule has 2 aliphatic rings. The lowest BCUT2D eigenvalue weighted by Gasteiger charge is -2.22. The molecule has 7 nitrogen and oxygen atoms in total. The summed E-state index contributed by atoms with van der Waals surface area (Å²) in [5.41, 5.74) is 1.20. The van der Waals surface area contributed by atoms with Gasteiger partial charge >= 0.3 is 5.97 Å². The van der Waals surface area contributed by atoms with E-state index in [9.17, 15) is 14.7 Å². The minimum atomic E-state index is -0.859. The molecule has 4 rings (SSSR count). The third-order valence-electron chi connectivity index (χ3n) is 4.68. The van der Waals surface area contributed by atoms with Gasteiger partial charge < -0.3 is 19.5 Å². The van der Waals surface area contributed by atoms with E-state index >= 15 is 0 Å². The van der Waals surface area contributed by atoms with Crippen molar-refractivity contribution in [2.75, 3.05) is 13.3 Å². The maximum Gasteiger partial charge on any atom is 0.308 e. The first-order valence-corrected chi connectivity index (χ1v) is 8.82. The van der Waals surface area contributed by atoms with Crippen LogP contribution in [-0.4, -0.2) is 46.2 Å². The van der Waals surface area contributed by atoms with E-state index in [2.05, 4.69) is 4.98 Å². The zero-order valence-corrected chi connectivity index (χ0v) is 14.3. The van der Waals surface area contributed by atoms with Crippen molar-refractivity contribution in [3.05, 3.63) is 29.3 Å². The topological polar surface area (TPSA) is 89.0 Å². The normalized spacial score (nSPS) is 21.6. The molecule has 2 aliphatic heterocycles. The number of aliphatic carboxylic acids is 1. The first kappa shape index (κ1) is 15.9. The van der Waals surface area contributed by atoms with Crippen molar-refractivity contribution < 1.29 is 24.2 Å². The zero-order valence-electron chi connectivity index (χ0n) is 13.5. The lowest BCUT2D eigenvalue weighted by Crippen LogP contribution is -2.37. The Morgan fingerprint density at radius 3 is 2.88 bits per heavy atom. The predicted octanol–water partition coefficient (Wildman–Crippen LogP) is 2.47. The molecule has 0 bridgehead atoms. The summed E-state index contributed by atoms with van der Waals surface area (Å²) in [4.78, 5) is 29.9. The van der Waals surface area contributed by atoms with Gasteiger partial charge in [0.2, 0.25) is 6.79 Å². The lowest BCUT2D eigenvalue weighted by molar-refractivity contribution is -0.142. The van der Waals surface area contributed by atoms with Crippen LogP contribution in [-0.2, 0) is 4.79 Å². The molecule has 2 unspecified atom stereocenters. The van der Waals surface area contributed by atoms with E-state index in [0.717, 1.165) is 5.56 Å². The SMILES string of the molecule is CC1C(C(=O)O)CCN1C(=O)c1csc(-c2ccc3c(c2)OCO3)n1. The Balaban J connectivity index is 1.55. The highest BCUT2D eigenvalue weighted by Crippen LogP contribution is 2.37. The average molecular weight is 360 g/mol. The van der Waals surface area contributed by atoms with Crippen molar-refractivity contribution in [1.82, 2.24) is 9.88 Å². The molecule has 1 amide bonds. The van der Waals surface area contributed by atoms with Crippen LogP contribution in [0.4, 0.5) is 0 Å². The van der Waals surface area contributed by atoms with Gasteiger partial charge in [0.05, 0.1) is 5.92 Å². The van der Waals surface area contributed by atoms with Crippen LogP contribution in [0.15, 0.2) is 23.6 Å². The van der Waals surface area contributed by atoms with E-state index in [-0.39, 0.29) is 18.7 Å². The number of carbonyl (C=O) groups is 2. The fourth-order valence-electron chi connectivity index (χ4n) is 3.24. The number of carboxylic acid groups (broad SMARTS) is 1. The van der Waals surface area contributed by atoms with Gasteiger partial charge in [-0.15, -0.1) is 11.3 Å². The van der Waals surface area contributed by atoms with Gasteiger partial charge in [0.15, 0.2) is 11.5 Å². The molecule has 25 heavy (non-hydrogen) atoms. The van der Waals surface area contributed by atoms with Crippen LogP contribution < -0.4 is 9.47 Å². The molecule has 130 valence electrons. The Kier molecular flexibility index (Phi) is 3.84. The summed E-state index contributed by atoms with van der Waals surface area (Å²) in [5.74, 6) is -0.238. The first-order chi connectivity index (χ1) is 12.0. The number of benzene rings is 1. The zero-order chi connectivity index (χ0) is 17.6. The van der Waals surface area contributed by atoms with E-state index in [1.807, 2.05) is 18.2 Å². The number of amides is 1. The predicted molar refractivity (Wildman–Crippen MR) is 89.9 cm³/mol. The second-order valence-electron chi connectivity index (χ2n) is 6.08. The second-order valence-corrected chi connectivity index (χ2v) is 6.94. The quantitative estimate of drug-likeness (QED) is 0.904. The molecule has 0 radical (unpaired) electrons. The summed E-state index contributed by atoms with van der Waals surface area (Å²) in [6, 6.07) is 5.20. The van der Waals surface area contributed by atoms with Crippen LogP contribution in [0.25, 0.3) is 10.6 Å². The molecule has 2 atom stereocenters. The number of nitrogens with zero attached hydrogens (tertiary/aromatic N) is 2. The molecule has 0 aliphatic carbocycles. The maximum absolute atomic E-state index is 12.7. The molecule has 0 saturated carbocycles. The fourth-order valence-corrected chi connectivity index (χ4v) is 4.03. The maximum atomic E-state index is 12.7. The number of carbonyl (C=O) groups excluding carboxylic acids is 1. The second kappa shape index (κ2) is 6.03. The number of hydrogen-bond donors (Lipinski definition) is 1. The number of thiazole rings is 1. The van der Waals surface area contributed by atoms with Gasteiger partial charge in [0.25, 0.3) is 5.91 Å². The molecule has 1 aromatic carbocycles. The average Bonchev–Trinajstić information content (AvgIpc) is 3.32. The highest BCUT2D eigenvalue weighted by atomic mass is 32.1. The Bertz CT molecular complexity index is 849. The molecule has 2 aromatic rings. The summed E-state index contributed by atoms with van der Waals surface area (Å²) >= 11 is 1.37. The lowest BCUT2D eigenvalue weighted by atomic mass is 10.0. The molecule has 1 aromatic heterocycles. The van der Waals surface area contributed by atoms with Gasteiger partial charge in [0, 0.05) is 23.5 Å². The number of hydrogen-bond acceptors (Lipinski definition) is 6. The van der Waals surface area contributed by atoms with Crippen molar-refractivity contribution >= 4 is 23.2 Å². The van der Waals surface area contributed by atoms with E-state index in [0.29, 0.717) is 35.2 Å². The standard InChI is InChI=1S/C17H16N2O5S/c1-9-11(17(21)22)4-5-19(9)16(20)12-7-25-15(18-12)10-2-3-13-14(6-10)24-8-23-13/h2-3,6-7,9,11H,4-5,8H2,1H3,(H,21,22). The van der Waals surface area contributed by atoms with Gasteiger partial charge in [-0.1, -0.05) is 0 Å². The van der Waals surface area contributed by atoms with Crippen LogP contribution in [0, 0.1) is 5.92 Å². The summed E-state index contributed by atoms with van der Waals surface area (Å²) in [6.45, 7) is 2.42. The molecular formula is C17H16N2O5S. The monoisotopic (exact) mass is 360 g/mol. The Hall–Kier alpha value is -2.61. The van der Waals surface area contributed by atoms with Crippen LogP contribution in [0.3, 0.4) is 0 Å². The summed E-state index contributed by atoms with van der Waals surface area (Å²) in [5, 5.41) is 11.6. The van der Waals surface area contributed by atoms with E-state index in [1.165, 1.54) is 11.3 Å². The van der Waals surface area contributed by atoms with E-state index < -0.39 is 11.9 Å². The molecule has 8 heteroatoms. The summed E-state index contributed by atoms with van der Waals surface area (Å²) in [7, 11) is 0. The first-order valence-electron chi connectivity index (χ1n) is 7.94.